The number of hydrogen-bond acceptors (Lipinski definition) is 3. The van der Waals surface area contributed by atoms with Gasteiger partial charge in [-0.15, -0.1) is 0 Å². The van der Waals surface area contributed by atoms with E-state index in [1.807, 2.05) is 6.07 Å². The fraction of sp³-hybridized carbons (Fsp3) is 0. The highest BCUT2D eigenvalue weighted by Crippen LogP contribution is 2.19. The van der Waals surface area contributed by atoms with E-state index in [2.05, 4.69) is 37.5 Å². The van der Waals surface area contributed by atoms with Crippen molar-refractivity contribution in [3.05, 3.63) is 40.5 Å². The molecule has 0 N–H and O–H groups in total. The summed E-state index contributed by atoms with van der Waals surface area (Å²) in [5, 5.41) is 0. The summed E-state index contributed by atoms with van der Waals surface area (Å²) >= 11 is 2.24. The van der Waals surface area contributed by atoms with E-state index in [9.17, 15) is 0 Å². The Balaban J connectivity index is 2.54. The summed E-state index contributed by atoms with van der Waals surface area (Å²) in [6, 6.07) is 3.74. The maximum atomic E-state index is 4.15. The zero-order valence-corrected chi connectivity index (χ0v) is 8.84. The molecule has 0 aliphatic rings. The van der Waals surface area contributed by atoms with Crippen molar-refractivity contribution in [1.29, 1.82) is 0 Å². The lowest BCUT2D eigenvalue weighted by Crippen LogP contribution is -1.90. The molecule has 2 heterocycles. The van der Waals surface area contributed by atoms with Crippen LogP contribution >= 0.6 is 22.6 Å². The van der Waals surface area contributed by atoms with Crippen molar-refractivity contribution in [3.8, 4) is 11.4 Å². The number of aromatic nitrogens is 3. The minimum absolute atomic E-state index is 0.722. The molecule has 13 heavy (non-hydrogen) atoms. The first-order chi connectivity index (χ1) is 6.38. The van der Waals surface area contributed by atoms with Crippen molar-refractivity contribution in [3.63, 3.8) is 0 Å². The van der Waals surface area contributed by atoms with Crippen molar-refractivity contribution in [1.82, 2.24) is 15.0 Å². The average Bonchev–Trinajstić information content (AvgIpc) is 2.20. The third kappa shape index (κ3) is 1.82. The molecule has 4 heteroatoms. The van der Waals surface area contributed by atoms with Crippen LogP contribution in [-0.4, -0.2) is 15.0 Å². The first kappa shape index (κ1) is 8.55. The van der Waals surface area contributed by atoms with E-state index >= 15 is 0 Å². The molecular weight excluding hydrogens is 277 g/mol. The Labute approximate surface area is 89.4 Å². The predicted molar refractivity (Wildman–Crippen MR) is 58.0 cm³/mol. The summed E-state index contributed by atoms with van der Waals surface area (Å²) in [4.78, 5) is 12.3. The molecule has 0 atom stereocenters. The van der Waals surface area contributed by atoms with Gasteiger partial charge >= 0.3 is 0 Å². The van der Waals surface area contributed by atoms with Crippen molar-refractivity contribution < 1.29 is 0 Å². The van der Waals surface area contributed by atoms with Crippen molar-refractivity contribution >= 4 is 22.6 Å². The summed E-state index contributed by atoms with van der Waals surface area (Å²) in [6.07, 6.45) is 6.99. The Kier molecular flexibility index (Phi) is 2.49. The highest BCUT2D eigenvalue weighted by molar-refractivity contribution is 14.1. The highest BCUT2D eigenvalue weighted by atomic mass is 127. The van der Waals surface area contributed by atoms with Crippen molar-refractivity contribution in [2.45, 2.75) is 0 Å². The van der Waals surface area contributed by atoms with E-state index in [1.165, 1.54) is 0 Å². The lowest BCUT2D eigenvalue weighted by atomic mass is 10.3. The number of rotatable bonds is 1. The Morgan fingerprint density at radius 1 is 1.08 bits per heavy atom. The molecule has 0 fully saturated rings. The quantitative estimate of drug-likeness (QED) is 0.753. The second-order valence-electron chi connectivity index (χ2n) is 2.43. The van der Waals surface area contributed by atoms with E-state index in [0.29, 0.717) is 0 Å². The molecule has 0 aliphatic carbocycles. The fourth-order valence-corrected chi connectivity index (χ4v) is 1.52. The van der Waals surface area contributed by atoms with E-state index < -0.39 is 0 Å². The van der Waals surface area contributed by atoms with Crippen molar-refractivity contribution in [2.24, 2.45) is 0 Å². The maximum Gasteiger partial charge on any atom is 0.161 e. The number of nitrogens with zero attached hydrogens (tertiary/aromatic N) is 3. The van der Waals surface area contributed by atoms with Gasteiger partial charge in [0.15, 0.2) is 5.82 Å². The van der Waals surface area contributed by atoms with Gasteiger partial charge in [0, 0.05) is 28.4 Å². The predicted octanol–water partition coefficient (Wildman–Crippen LogP) is 2.14. The van der Waals surface area contributed by atoms with Gasteiger partial charge < -0.3 is 0 Å². The Morgan fingerprint density at radius 3 is 2.54 bits per heavy atom. The zero-order chi connectivity index (χ0) is 9.10. The van der Waals surface area contributed by atoms with Crippen LogP contribution in [-0.2, 0) is 0 Å². The van der Waals surface area contributed by atoms with Crippen LogP contribution in [0.3, 0.4) is 0 Å². The molecule has 0 aromatic carbocycles. The molecule has 2 rings (SSSR count). The molecule has 0 spiro atoms. The third-order valence-corrected chi connectivity index (χ3v) is 2.52. The molecule has 2 aromatic rings. The molecule has 0 amide bonds. The van der Waals surface area contributed by atoms with Crippen LogP contribution in [0.4, 0.5) is 0 Å². The van der Waals surface area contributed by atoms with Gasteiger partial charge in [-0.05, 0) is 34.7 Å². The largest absolute Gasteiger partial charge is 0.264 e. The minimum Gasteiger partial charge on any atom is -0.264 e. The zero-order valence-electron chi connectivity index (χ0n) is 6.68. The van der Waals surface area contributed by atoms with Crippen LogP contribution in [0.1, 0.15) is 0 Å². The summed E-state index contributed by atoms with van der Waals surface area (Å²) < 4.78 is 1.11. The van der Waals surface area contributed by atoms with Gasteiger partial charge in [0.25, 0.3) is 0 Å². The fourth-order valence-electron chi connectivity index (χ4n) is 0.980. The Bertz CT molecular complexity index is 403. The third-order valence-electron chi connectivity index (χ3n) is 1.57. The molecule has 0 bridgehead atoms. The average molecular weight is 283 g/mol. The van der Waals surface area contributed by atoms with Crippen LogP contribution in [0.5, 0.6) is 0 Å². The molecule has 3 nitrogen and oxygen atoms in total. The van der Waals surface area contributed by atoms with Gasteiger partial charge in [0.1, 0.15) is 0 Å². The summed E-state index contributed by atoms with van der Waals surface area (Å²) in [5.74, 6) is 0.722. The summed E-state index contributed by atoms with van der Waals surface area (Å²) in [7, 11) is 0. The van der Waals surface area contributed by atoms with Crippen molar-refractivity contribution in [2.75, 3.05) is 0 Å². The first-order valence-electron chi connectivity index (χ1n) is 3.75. The smallest absolute Gasteiger partial charge is 0.161 e. The topological polar surface area (TPSA) is 38.7 Å². The van der Waals surface area contributed by atoms with Crippen LogP contribution in [0, 0.1) is 3.57 Å². The SMILES string of the molecule is Ic1ccncc1-c1ncccn1. The van der Waals surface area contributed by atoms with E-state index in [4.69, 9.17) is 0 Å². The summed E-state index contributed by atoms with van der Waals surface area (Å²) in [5.41, 5.74) is 0.976. The Hall–Kier alpha value is -1.04. The van der Waals surface area contributed by atoms with Crippen LogP contribution in [0.2, 0.25) is 0 Å². The molecule has 64 valence electrons. The second-order valence-corrected chi connectivity index (χ2v) is 3.59. The highest BCUT2D eigenvalue weighted by Gasteiger charge is 2.03. The standard InChI is InChI=1S/C9H6IN3/c10-8-2-5-11-6-7(8)9-12-3-1-4-13-9/h1-6H. The first-order valence-corrected chi connectivity index (χ1v) is 4.83. The van der Waals surface area contributed by atoms with Crippen LogP contribution < -0.4 is 0 Å². The normalized spacial score (nSPS) is 9.92. The van der Waals surface area contributed by atoms with Gasteiger partial charge in [-0.2, -0.15) is 0 Å². The van der Waals surface area contributed by atoms with Gasteiger partial charge in [-0.25, -0.2) is 9.97 Å². The minimum atomic E-state index is 0.722. The van der Waals surface area contributed by atoms with Crippen LogP contribution in [0.25, 0.3) is 11.4 Å². The van der Waals surface area contributed by atoms with Gasteiger partial charge in [0.05, 0.1) is 5.56 Å². The number of pyridine rings is 1. The second kappa shape index (κ2) is 3.78. The Morgan fingerprint density at radius 2 is 1.85 bits per heavy atom. The van der Waals surface area contributed by atoms with Crippen LogP contribution in [0.15, 0.2) is 36.9 Å². The van der Waals surface area contributed by atoms with Gasteiger partial charge in [0.2, 0.25) is 0 Å². The van der Waals surface area contributed by atoms with Gasteiger partial charge in [-0.1, -0.05) is 0 Å². The maximum absolute atomic E-state index is 4.15. The van der Waals surface area contributed by atoms with E-state index in [-0.39, 0.29) is 0 Å². The molecule has 0 aliphatic heterocycles. The lowest BCUT2D eigenvalue weighted by molar-refractivity contribution is 1.16. The molecule has 0 saturated carbocycles. The molecule has 0 unspecified atom stereocenters. The monoisotopic (exact) mass is 283 g/mol. The van der Waals surface area contributed by atoms with E-state index in [0.717, 1.165) is 15.0 Å². The molecular formula is C9H6IN3. The number of hydrogen-bond donors (Lipinski definition) is 0. The van der Waals surface area contributed by atoms with E-state index in [1.54, 1.807) is 30.9 Å². The molecule has 0 saturated heterocycles. The molecule has 2 aromatic heterocycles. The lowest BCUT2D eigenvalue weighted by Gasteiger charge is -1.99. The summed E-state index contributed by atoms with van der Waals surface area (Å²) in [6.45, 7) is 0. The molecule has 0 radical (unpaired) electrons. The number of halogens is 1. The van der Waals surface area contributed by atoms with Gasteiger partial charge in [-0.3, -0.25) is 4.98 Å².